The van der Waals surface area contributed by atoms with Crippen molar-refractivity contribution in [3.63, 3.8) is 0 Å². The minimum absolute atomic E-state index is 0.0531. The van der Waals surface area contributed by atoms with Crippen molar-refractivity contribution in [3.8, 4) is 0 Å². The second-order valence-corrected chi connectivity index (χ2v) is 8.28. The Morgan fingerprint density at radius 3 is 1.48 bits per heavy atom. The van der Waals surface area contributed by atoms with Gasteiger partial charge < -0.3 is 0 Å². The van der Waals surface area contributed by atoms with E-state index >= 15 is 0 Å². The predicted octanol–water partition coefficient (Wildman–Crippen LogP) is 6.93. The first-order chi connectivity index (χ1) is 11.1. The topological polar surface area (TPSA) is 0 Å². The van der Waals surface area contributed by atoms with Crippen LogP contribution in [0.2, 0.25) is 0 Å². The van der Waals surface area contributed by atoms with Crippen LogP contribution in [0.3, 0.4) is 0 Å². The van der Waals surface area contributed by atoms with Gasteiger partial charge >= 0.3 is 6.13 Å². The summed E-state index contributed by atoms with van der Waals surface area (Å²) in [6, 6.07) is 17.1. The van der Waals surface area contributed by atoms with Crippen molar-refractivity contribution in [2.24, 2.45) is 0 Å². The van der Waals surface area contributed by atoms with Crippen LogP contribution < -0.4 is 0 Å². The summed E-state index contributed by atoms with van der Waals surface area (Å²) in [6.07, 6.45) is 3.46. The summed E-state index contributed by atoms with van der Waals surface area (Å²) >= 11 is 14.0. The first-order valence-electron chi connectivity index (χ1n) is 7.77. The zero-order valence-electron chi connectivity index (χ0n) is 12.5. The number of hydrogen-bond acceptors (Lipinski definition) is 0. The van der Waals surface area contributed by atoms with E-state index in [1.807, 2.05) is 0 Å². The van der Waals surface area contributed by atoms with Crippen molar-refractivity contribution >= 4 is 60.4 Å². The van der Waals surface area contributed by atoms with Crippen LogP contribution in [-0.4, -0.2) is 6.13 Å². The fourth-order valence-corrected chi connectivity index (χ4v) is 4.73. The van der Waals surface area contributed by atoms with Crippen molar-refractivity contribution in [3.05, 3.63) is 79.7 Å². The SMILES string of the molecule is ClB1C(c2ccc(Br)cc2)=C2CCCC2=C1c1ccc(Br)cc1. The van der Waals surface area contributed by atoms with Crippen molar-refractivity contribution in [1.82, 2.24) is 0 Å². The maximum Gasteiger partial charge on any atom is 0.317 e. The maximum atomic E-state index is 6.96. The molecule has 0 aromatic heterocycles. The standard InChI is InChI=1S/C19H14BBr2Cl/c21-14-8-4-12(5-9-14)18-16-2-1-3-17(16)19(20(18)23)13-6-10-15(22)11-7-13/h4-11H,1-3H2. The molecular weight excluding hydrogens is 434 g/mol. The smallest absolute Gasteiger partial charge is 0.182 e. The van der Waals surface area contributed by atoms with Crippen LogP contribution in [0.4, 0.5) is 0 Å². The molecule has 0 unspecified atom stereocenters. The summed E-state index contributed by atoms with van der Waals surface area (Å²) in [5.41, 5.74) is 8.06. The van der Waals surface area contributed by atoms with Gasteiger partial charge in [0, 0.05) is 8.95 Å². The lowest BCUT2D eigenvalue weighted by atomic mass is 9.59. The second-order valence-electron chi connectivity index (χ2n) is 6.01. The van der Waals surface area contributed by atoms with Gasteiger partial charge in [-0.05, 0) is 76.7 Å². The lowest BCUT2D eigenvalue weighted by Crippen LogP contribution is -2.09. The minimum atomic E-state index is -0.0531. The molecule has 23 heavy (non-hydrogen) atoms. The van der Waals surface area contributed by atoms with E-state index in [-0.39, 0.29) is 6.13 Å². The number of fused-ring (bicyclic) bond motifs is 1. The molecule has 0 amide bonds. The molecule has 0 atom stereocenters. The average molecular weight is 448 g/mol. The molecule has 4 heteroatoms. The lowest BCUT2D eigenvalue weighted by Gasteiger charge is -2.12. The summed E-state index contributed by atoms with van der Waals surface area (Å²) in [6.45, 7) is 0. The molecule has 1 saturated carbocycles. The summed E-state index contributed by atoms with van der Waals surface area (Å²) in [5.74, 6) is 0. The van der Waals surface area contributed by atoms with Gasteiger partial charge in [0.1, 0.15) is 0 Å². The van der Waals surface area contributed by atoms with Gasteiger partial charge in [0.05, 0.1) is 0 Å². The van der Waals surface area contributed by atoms with E-state index in [1.54, 1.807) is 0 Å². The Hall–Kier alpha value is -0.765. The summed E-state index contributed by atoms with van der Waals surface area (Å²) in [5, 5.41) is 0. The van der Waals surface area contributed by atoms with Gasteiger partial charge in [0.2, 0.25) is 0 Å². The third-order valence-electron chi connectivity index (χ3n) is 4.69. The van der Waals surface area contributed by atoms with Gasteiger partial charge in [-0.2, -0.15) is 11.5 Å². The number of benzene rings is 2. The van der Waals surface area contributed by atoms with Crippen LogP contribution in [0.5, 0.6) is 0 Å². The molecule has 1 fully saturated rings. The van der Waals surface area contributed by atoms with E-state index in [0.29, 0.717) is 0 Å². The quantitative estimate of drug-likeness (QED) is 0.438. The van der Waals surface area contributed by atoms with Gasteiger partial charge in [-0.25, -0.2) is 0 Å². The Bertz CT molecular complexity index is 750. The van der Waals surface area contributed by atoms with E-state index < -0.39 is 0 Å². The number of halogens is 3. The van der Waals surface area contributed by atoms with E-state index in [0.717, 1.165) is 21.8 Å². The molecule has 0 N–H and O–H groups in total. The predicted molar refractivity (Wildman–Crippen MR) is 108 cm³/mol. The molecule has 2 aromatic carbocycles. The zero-order valence-corrected chi connectivity index (χ0v) is 16.4. The molecule has 2 aromatic rings. The van der Waals surface area contributed by atoms with Crippen LogP contribution in [0.25, 0.3) is 10.9 Å². The minimum Gasteiger partial charge on any atom is -0.182 e. The molecule has 1 aliphatic heterocycles. The van der Waals surface area contributed by atoms with E-state index in [2.05, 4.69) is 80.4 Å². The van der Waals surface area contributed by atoms with E-state index in [4.69, 9.17) is 11.5 Å². The molecule has 0 spiro atoms. The normalized spacial score (nSPS) is 17.3. The highest BCUT2D eigenvalue weighted by Gasteiger charge is 2.38. The summed E-state index contributed by atoms with van der Waals surface area (Å²) in [4.78, 5) is 0. The van der Waals surface area contributed by atoms with Crippen molar-refractivity contribution < 1.29 is 0 Å². The number of allylic oxidation sites excluding steroid dienone is 2. The molecule has 0 bridgehead atoms. The molecule has 0 nitrogen and oxygen atoms in total. The van der Waals surface area contributed by atoms with Crippen LogP contribution in [0.1, 0.15) is 30.4 Å². The van der Waals surface area contributed by atoms with Crippen LogP contribution in [0, 0.1) is 0 Å². The van der Waals surface area contributed by atoms with Crippen LogP contribution in [0.15, 0.2) is 68.6 Å². The Morgan fingerprint density at radius 2 is 1.09 bits per heavy atom. The fourth-order valence-electron chi connectivity index (χ4n) is 3.69. The lowest BCUT2D eigenvalue weighted by molar-refractivity contribution is 0.933. The molecular formula is C19H14BBr2Cl. The highest BCUT2D eigenvalue weighted by atomic mass is 79.9. The van der Waals surface area contributed by atoms with Gasteiger partial charge in [-0.1, -0.05) is 56.1 Å². The van der Waals surface area contributed by atoms with Crippen LogP contribution in [-0.2, 0) is 0 Å². The Labute approximate surface area is 158 Å². The first-order valence-corrected chi connectivity index (χ1v) is 9.80. The van der Waals surface area contributed by atoms with E-state index in [1.165, 1.54) is 39.6 Å². The Morgan fingerprint density at radius 1 is 0.696 bits per heavy atom. The molecule has 0 saturated heterocycles. The Balaban J connectivity index is 1.81. The molecule has 1 aliphatic carbocycles. The number of hydrogen-bond donors (Lipinski definition) is 0. The van der Waals surface area contributed by atoms with Crippen molar-refractivity contribution in [1.29, 1.82) is 0 Å². The third-order valence-corrected chi connectivity index (χ3v) is 6.18. The van der Waals surface area contributed by atoms with E-state index in [9.17, 15) is 0 Å². The van der Waals surface area contributed by atoms with Gasteiger partial charge in [-0.3, -0.25) is 0 Å². The average Bonchev–Trinajstić information content (AvgIpc) is 3.10. The van der Waals surface area contributed by atoms with Gasteiger partial charge in [0.15, 0.2) is 0 Å². The highest BCUT2D eigenvalue weighted by Crippen LogP contribution is 2.50. The molecule has 114 valence electrons. The molecule has 1 heterocycles. The highest BCUT2D eigenvalue weighted by molar-refractivity contribution is 9.10. The van der Waals surface area contributed by atoms with Crippen molar-refractivity contribution in [2.45, 2.75) is 19.3 Å². The second kappa shape index (κ2) is 6.27. The molecule has 4 rings (SSSR count). The maximum absolute atomic E-state index is 6.96. The van der Waals surface area contributed by atoms with Gasteiger partial charge in [-0.15, -0.1) is 0 Å². The molecule has 0 radical (unpaired) electrons. The number of rotatable bonds is 2. The van der Waals surface area contributed by atoms with Crippen molar-refractivity contribution in [2.75, 3.05) is 0 Å². The fraction of sp³-hybridized carbons (Fsp3) is 0.158. The Kier molecular flexibility index (Phi) is 4.29. The monoisotopic (exact) mass is 446 g/mol. The largest absolute Gasteiger partial charge is 0.317 e. The van der Waals surface area contributed by atoms with Gasteiger partial charge in [0.25, 0.3) is 0 Å². The van der Waals surface area contributed by atoms with Crippen LogP contribution >= 0.6 is 43.3 Å². The summed E-state index contributed by atoms with van der Waals surface area (Å²) in [7, 11) is 0. The molecule has 2 aliphatic rings. The zero-order chi connectivity index (χ0) is 16.0. The third kappa shape index (κ3) is 2.77. The first kappa shape index (κ1) is 15.7. The summed E-state index contributed by atoms with van der Waals surface area (Å²) < 4.78 is 2.20.